The van der Waals surface area contributed by atoms with Crippen LogP contribution in [0.1, 0.15) is 32.6 Å². The first-order chi connectivity index (χ1) is 9.15. The van der Waals surface area contributed by atoms with Gasteiger partial charge in [-0.3, -0.25) is 9.59 Å². The van der Waals surface area contributed by atoms with E-state index in [0.29, 0.717) is 19.4 Å². The summed E-state index contributed by atoms with van der Waals surface area (Å²) in [5.74, 6) is 0.141. The minimum absolute atomic E-state index is 0.0172. The van der Waals surface area contributed by atoms with Crippen LogP contribution in [-0.2, 0) is 9.59 Å². The molecule has 0 spiro atoms. The minimum atomic E-state index is -0.350. The second kappa shape index (κ2) is 6.19. The first-order valence-electron chi connectivity index (χ1n) is 7.04. The van der Waals surface area contributed by atoms with Crippen molar-refractivity contribution in [2.24, 2.45) is 5.92 Å². The van der Waals surface area contributed by atoms with Gasteiger partial charge >= 0.3 is 0 Å². The van der Waals surface area contributed by atoms with E-state index >= 15 is 0 Å². The maximum absolute atomic E-state index is 12.3. The third-order valence-corrected chi connectivity index (χ3v) is 3.91. The Hall–Kier alpha value is -1.36. The van der Waals surface area contributed by atoms with Crippen molar-refractivity contribution in [1.29, 1.82) is 0 Å². The number of likely N-dealkylation sites (tertiary alicyclic amines) is 1. The number of carbonyl (C=O) groups excluding carboxylic acids is 2. The fourth-order valence-corrected chi connectivity index (χ4v) is 2.84. The number of hydrogen-bond donors (Lipinski definition) is 2. The molecule has 19 heavy (non-hydrogen) atoms. The van der Waals surface area contributed by atoms with E-state index in [4.69, 9.17) is 5.11 Å². The summed E-state index contributed by atoms with van der Waals surface area (Å²) in [6, 6.07) is -0.368. The molecular weight excluding hydrogens is 244 g/mol. The molecule has 5 heteroatoms. The Morgan fingerprint density at radius 2 is 2.37 bits per heavy atom. The standard InChI is InChI=1S/C14H22N2O3/c1-2-12(16-7-3-4-13(16)18)14(19)15-11-6-5-10(8-11)9-17/h5-6,10-12,17H,2-4,7-9H2,1H3,(H,15,19)/t10-,11+,12?/m0/s1. The monoisotopic (exact) mass is 266 g/mol. The van der Waals surface area contributed by atoms with E-state index in [-0.39, 0.29) is 36.4 Å². The van der Waals surface area contributed by atoms with Gasteiger partial charge in [-0.15, -0.1) is 0 Å². The van der Waals surface area contributed by atoms with Crippen LogP contribution in [0.3, 0.4) is 0 Å². The van der Waals surface area contributed by atoms with Crippen LogP contribution in [0.4, 0.5) is 0 Å². The predicted octanol–water partition coefficient (Wildman–Crippen LogP) is 0.441. The summed E-state index contributed by atoms with van der Waals surface area (Å²) in [7, 11) is 0. The number of amides is 2. The van der Waals surface area contributed by atoms with E-state index in [9.17, 15) is 9.59 Å². The molecule has 0 aromatic carbocycles. The van der Waals surface area contributed by atoms with Crippen LogP contribution in [0.25, 0.3) is 0 Å². The molecule has 2 N–H and O–H groups in total. The van der Waals surface area contributed by atoms with Gasteiger partial charge in [0.1, 0.15) is 6.04 Å². The zero-order valence-electron chi connectivity index (χ0n) is 11.3. The summed E-state index contributed by atoms with van der Waals surface area (Å²) in [5, 5.41) is 12.0. The Bertz CT molecular complexity index is 381. The number of hydrogen-bond acceptors (Lipinski definition) is 3. The van der Waals surface area contributed by atoms with Gasteiger partial charge in [0, 0.05) is 31.5 Å². The summed E-state index contributed by atoms with van der Waals surface area (Å²) in [4.78, 5) is 25.7. The Labute approximate surface area is 113 Å². The molecule has 2 amide bonds. The molecule has 106 valence electrons. The highest BCUT2D eigenvalue weighted by molar-refractivity contribution is 5.88. The van der Waals surface area contributed by atoms with E-state index in [0.717, 1.165) is 12.8 Å². The van der Waals surface area contributed by atoms with Crippen molar-refractivity contribution in [3.63, 3.8) is 0 Å². The van der Waals surface area contributed by atoms with Crippen molar-refractivity contribution < 1.29 is 14.7 Å². The Morgan fingerprint density at radius 3 is 2.89 bits per heavy atom. The second-order valence-corrected chi connectivity index (χ2v) is 5.29. The van der Waals surface area contributed by atoms with Crippen molar-refractivity contribution in [3.8, 4) is 0 Å². The molecule has 1 aliphatic heterocycles. The van der Waals surface area contributed by atoms with E-state index < -0.39 is 0 Å². The van der Waals surface area contributed by atoms with Gasteiger partial charge in [0.05, 0.1) is 0 Å². The molecule has 0 radical (unpaired) electrons. The maximum Gasteiger partial charge on any atom is 0.243 e. The molecule has 1 unspecified atom stereocenters. The third kappa shape index (κ3) is 3.15. The smallest absolute Gasteiger partial charge is 0.243 e. The molecule has 0 aromatic heterocycles. The largest absolute Gasteiger partial charge is 0.396 e. The average Bonchev–Trinajstić information content (AvgIpc) is 3.00. The van der Waals surface area contributed by atoms with Gasteiger partial charge in [-0.25, -0.2) is 0 Å². The quantitative estimate of drug-likeness (QED) is 0.709. The number of nitrogens with zero attached hydrogens (tertiary/aromatic N) is 1. The lowest BCUT2D eigenvalue weighted by molar-refractivity contribution is -0.137. The Balaban J connectivity index is 1.91. The number of aliphatic hydroxyl groups is 1. The van der Waals surface area contributed by atoms with Crippen LogP contribution in [-0.4, -0.2) is 47.1 Å². The van der Waals surface area contributed by atoms with Crippen molar-refractivity contribution in [2.45, 2.75) is 44.7 Å². The molecule has 0 bridgehead atoms. The molecular formula is C14H22N2O3. The molecule has 1 aliphatic carbocycles. The number of rotatable bonds is 5. The highest BCUT2D eigenvalue weighted by atomic mass is 16.3. The van der Waals surface area contributed by atoms with Crippen molar-refractivity contribution >= 4 is 11.8 Å². The second-order valence-electron chi connectivity index (χ2n) is 5.29. The van der Waals surface area contributed by atoms with Crippen molar-refractivity contribution in [1.82, 2.24) is 10.2 Å². The van der Waals surface area contributed by atoms with Crippen LogP contribution in [0, 0.1) is 5.92 Å². The van der Waals surface area contributed by atoms with Gasteiger partial charge in [-0.1, -0.05) is 19.1 Å². The molecule has 1 saturated heterocycles. The van der Waals surface area contributed by atoms with Gasteiger partial charge in [-0.05, 0) is 19.3 Å². The third-order valence-electron chi connectivity index (χ3n) is 3.91. The SMILES string of the molecule is CCC(C(=O)N[C@@H]1C=C[C@H](CO)C1)N1CCCC1=O. The van der Waals surface area contributed by atoms with Crippen LogP contribution in [0.2, 0.25) is 0 Å². The summed E-state index contributed by atoms with van der Waals surface area (Å²) in [5.41, 5.74) is 0. The lowest BCUT2D eigenvalue weighted by Gasteiger charge is -2.27. The maximum atomic E-state index is 12.3. The van der Waals surface area contributed by atoms with Gasteiger partial charge in [-0.2, -0.15) is 0 Å². The van der Waals surface area contributed by atoms with Crippen molar-refractivity contribution in [2.75, 3.05) is 13.2 Å². The number of carbonyl (C=O) groups is 2. The van der Waals surface area contributed by atoms with Crippen LogP contribution >= 0.6 is 0 Å². The van der Waals surface area contributed by atoms with Gasteiger partial charge < -0.3 is 15.3 Å². The Morgan fingerprint density at radius 1 is 1.58 bits per heavy atom. The summed E-state index contributed by atoms with van der Waals surface area (Å²) in [6.45, 7) is 2.73. The van der Waals surface area contributed by atoms with Gasteiger partial charge in [0.2, 0.25) is 11.8 Å². The van der Waals surface area contributed by atoms with Crippen molar-refractivity contribution in [3.05, 3.63) is 12.2 Å². The predicted molar refractivity (Wildman–Crippen MR) is 71.3 cm³/mol. The molecule has 2 rings (SSSR count). The zero-order valence-corrected chi connectivity index (χ0v) is 11.3. The molecule has 1 fully saturated rings. The fraction of sp³-hybridized carbons (Fsp3) is 0.714. The summed E-state index contributed by atoms with van der Waals surface area (Å²) < 4.78 is 0. The molecule has 0 aromatic rings. The highest BCUT2D eigenvalue weighted by Gasteiger charge is 2.32. The first-order valence-corrected chi connectivity index (χ1v) is 7.04. The fourth-order valence-electron chi connectivity index (χ4n) is 2.84. The Kier molecular flexibility index (Phi) is 4.58. The minimum Gasteiger partial charge on any atom is -0.396 e. The number of aliphatic hydroxyl groups excluding tert-OH is 1. The lowest BCUT2D eigenvalue weighted by Crippen LogP contribution is -2.49. The highest BCUT2D eigenvalue weighted by Crippen LogP contribution is 2.19. The normalized spacial score (nSPS) is 27.9. The topological polar surface area (TPSA) is 69.6 Å². The van der Waals surface area contributed by atoms with E-state index in [1.165, 1.54) is 0 Å². The first kappa shape index (κ1) is 14.1. The summed E-state index contributed by atoms with van der Waals surface area (Å²) in [6.07, 6.45) is 6.65. The molecule has 2 aliphatic rings. The van der Waals surface area contributed by atoms with Gasteiger partial charge in [0.25, 0.3) is 0 Å². The molecule has 0 saturated carbocycles. The molecule has 3 atom stereocenters. The van der Waals surface area contributed by atoms with Gasteiger partial charge in [0.15, 0.2) is 0 Å². The van der Waals surface area contributed by atoms with E-state index in [1.807, 2.05) is 19.1 Å². The van der Waals surface area contributed by atoms with E-state index in [2.05, 4.69) is 5.32 Å². The van der Waals surface area contributed by atoms with Crippen LogP contribution < -0.4 is 5.32 Å². The lowest BCUT2D eigenvalue weighted by atomic mass is 10.1. The average molecular weight is 266 g/mol. The molecule has 5 nitrogen and oxygen atoms in total. The molecule has 1 heterocycles. The zero-order chi connectivity index (χ0) is 13.8. The van der Waals surface area contributed by atoms with Crippen LogP contribution in [0.15, 0.2) is 12.2 Å². The number of nitrogens with one attached hydrogen (secondary N) is 1. The van der Waals surface area contributed by atoms with E-state index in [1.54, 1.807) is 4.90 Å². The summed E-state index contributed by atoms with van der Waals surface area (Å²) >= 11 is 0. The van der Waals surface area contributed by atoms with Crippen LogP contribution in [0.5, 0.6) is 0 Å².